The van der Waals surface area contributed by atoms with Crippen LogP contribution in [0.3, 0.4) is 0 Å². The highest BCUT2D eigenvalue weighted by atomic mass is 16.5. The average Bonchev–Trinajstić information content (AvgIpc) is 3.26. The smallest absolute Gasteiger partial charge is 0.323 e. The zero-order chi connectivity index (χ0) is 20.5. The van der Waals surface area contributed by atoms with Crippen molar-refractivity contribution in [3.05, 3.63) is 29.6 Å². The van der Waals surface area contributed by atoms with E-state index in [1.165, 1.54) is 19.3 Å². The van der Waals surface area contributed by atoms with Gasteiger partial charge in [-0.25, -0.2) is 5.48 Å². The SMILES string of the molecule is O=C(CCc1ccc(CN[C@H](C(=O)OC2CCCC2)C2CCCCC2)nc1)NO. The van der Waals surface area contributed by atoms with E-state index in [-0.39, 0.29) is 24.5 Å². The van der Waals surface area contributed by atoms with Gasteiger partial charge in [-0.15, -0.1) is 0 Å². The number of pyridine rings is 1. The van der Waals surface area contributed by atoms with Crippen LogP contribution < -0.4 is 10.8 Å². The lowest BCUT2D eigenvalue weighted by Crippen LogP contribution is -2.45. The first-order valence-corrected chi connectivity index (χ1v) is 11.0. The van der Waals surface area contributed by atoms with Crippen LogP contribution in [0.5, 0.6) is 0 Å². The van der Waals surface area contributed by atoms with Crippen molar-refractivity contribution in [3.8, 4) is 0 Å². The van der Waals surface area contributed by atoms with Crippen LogP contribution in [0.4, 0.5) is 0 Å². The number of esters is 1. The number of hydrogen-bond acceptors (Lipinski definition) is 6. The van der Waals surface area contributed by atoms with Gasteiger partial charge in [-0.05, 0) is 62.5 Å². The molecule has 29 heavy (non-hydrogen) atoms. The maximum atomic E-state index is 12.9. The summed E-state index contributed by atoms with van der Waals surface area (Å²) in [4.78, 5) is 28.5. The summed E-state index contributed by atoms with van der Waals surface area (Å²) in [5, 5.41) is 12.0. The number of nitrogens with one attached hydrogen (secondary N) is 2. The van der Waals surface area contributed by atoms with Gasteiger partial charge < -0.3 is 4.74 Å². The fraction of sp³-hybridized carbons (Fsp3) is 0.682. The first-order chi connectivity index (χ1) is 14.2. The highest BCUT2D eigenvalue weighted by molar-refractivity contribution is 5.76. The monoisotopic (exact) mass is 403 g/mol. The van der Waals surface area contributed by atoms with Gasteiger partial charge in [0, 0.05) is 19.2 Å². The Morgan fingerprint density at radius 1 is 1.10 bits per heavy atom. The molecule has 3 N–H and O–H groups in total. The Kier molecular flexibility index (Phi) is 8.43. The largest absolute Gasteiger partial charge is 0.461 e. The normalized spacial score (nSPS) is 19.1. The predicted molar refractivity (Wildman–Crippen MR) is 108 cm³/mol. The minimum atomic E-state index is -0.410. The molecule has 1 heterocycles. The highest BCUT2D eigenvalue weighted by Crippen LogP contribution is 2.29. The molecule has 0 spiro atoms. The molecule has 3 rings (SSSR count). The maximum Gasteiger partial charge on any atom is 0.323 e. The van der Waals surface area contributed by atoms with Gasteiger partial charge in [0.15, 0.2) is 0 Å². The van der Waals surface area contributed by atoms with Gasteiger partial charge in [-0.2, -0.15) is 0 Å². The number of carbonyl (C=O) groups is 2. The van der Waals surface area contributed by atoms with E-state index in [1.807, 2.05) is 12.1 Å². The zero-order valence-electron chi connectivity index (χ0n) is 17.1. The highest BCUT2D eigenvalue weighted by Gasteiger charge is 2.32. The Morgan fingerprint density at radius 3 is 2.48 bits per heavy atom. The van der Waals surface area contributed by atoms with Crippen LogP contribution in [0.2, 0.25) is 0 Å². The Hall–Kier alpha value is -1.99. The van der Waals surface area contributed by atoms with Crippen LogP contribution >= 0.6 is 0 Å². The predicted octanol–water partition coefficient (Wildman–Crippen LogP) is 3.04. The first-order valence-electron chi connectivity index (χ1n) is 11.0. The fourth-order valence-electron chi connectivity index (χ4n) is 4.39. The van der Waals surface area contributed by atoms with Gasteiger partial charge in [0.1, 0.15) is 12.1 Å². The molecular formula is C22H33N3O4. The number of amides is 1. The van der Waals surface area contributed by atoms with Gasteiger partial charge in [0.2, 0.25) is 5.91 Å². The summed E-state index contributed by atoms with van der Waals surface area (Å²) in [5.41, 5.74) is 3.42. The molecular weight excluding hydrogens is 370 g/mol. The molecule has 0 unspecified atom stereocenters. The molecule has 0 saturated heterocycles. The van der Waals surface area contributed by atoms with Crippen LogP contribution in [0, 0.1) is 5.92 Å². The van der Waals surface area contributed by atoms with Crippen molar-refractivity contribution >= 4 is 11.9 Å². The third kappa shape index (κ3) is 6.78. The second kappa shape index (κ2) is 11.3. The molecule has 1 atom stereocenters. The second-order valence-electron chi connectivity index (χ2n) is 8.29. The maximum absolute atomic E-state index is 12.9. The lowest BCUT2D eigenvalue weighted by molar-refractivity contribution is -0.153. The number of rotatable bonds is 9. The van der Waals surface area contributed by atoms with Crippen LogP contribution in [0.1, 0.15) is 75.5 Å². The second-order valence-corrected chi connectivity index (χ2v) is 8.29. The molecule has 7 nitrogen and oxygen atoms in total. The first kappa shape index (κ1) is 21.7. The number of aromatic nitrogens is 1. The standard InChI is InChI=1S/C22H33N3O4/c26-20(25-28)13-11-16-10-12-18(23-14-16)15-24-21(17-6-2-1-3-7-17)22(27)29-19-8-4-5-9-19/h10,12,14,17,19,21,24,28H,1-9,11,13,15H2,(H,25,26)/t21-/m0/s1. The minimum absolute atomic E-state index is 0.0870. The number of nitrogens with zero attached hydrogens (tertiary/aromatic N) is 1. The van der Waals surface area contributed by atoms with E-state index >= 15 is 0 Å². The quantitative estimate of drug-likeness (QED) is 0.333. The van der Waals surface area contributed by atoms with Crippen molar-refractivity contribution in [1.29, 1.82) is 0 Å². The van der Waals surface area contributed by atoms with Crippen LogP contribution in [0.15, 0.2) is 18.3 Å². The van der Waals surface area contributed by atoms with E-state index in [9.17, 15) is 9.59 Å². The van der Waals surface area contributed by atoms with Crippen molar-refractivity contribution < 1.29 is 19.5 Å². The molecule has 0 radical (unpaired) electrons. The molecule has 0 aliphatic heterocycles. The summed E-state index contributed by atoms with van der Waals surface area (Å²) in [6, 6.07) is 3.58. The van der Waals surface area contributed by atoms with Crippen LogP contribution in [-0.4, -0.2) is 34.2 Å². The summed E-state index contributed by atoms with van der Waals surface area (Å²) >= 11 is 0. The third-order valence-electron chi connectivity index (χ3n) is 6.11. The van der Waals surface area contributed by atoms with E-state index in [4.69, 9.17) is 9.94 Å². The van der Waals surface area contributed by atoms with Gasteiger partial charge in [-0.3, -0.25) is 25.1 Å². The number of hydroxylamine groups is 1. The van der Waals surface area contributed by atoms with Crippen molar-refractivity contribution in [2.75, 3.05) is 0 Å². The van der Waals surface area contributed by atoms with E-state index < -0.39 is 5.91 Å². The van der Waals surface area contributed by atoms with Gasteiger partial charge in [0.25, 0.3) is 0 Å². The number of hydrogen-bond donors (Lipinski definition) is 3. The Bertz CT molecular complexity index is 653. The van der Waals surface area contributed by atoms with Crippen molar-refractivity contribution in [1.82, 2.24) is 15.8 Å². The van der Waals surface area contributed by atoms with Gasteiger partial charge in [-0.1, -0.05) is 25.3 Å². The van der Waals surface area contributed by atoms with Crippen LogP contribution in [0.25, 0.3) is 0 Å². The van der Waals surface area contributed by atoms with Crippen molar-refractivity contribution in [2.24, 2.45) is 5.92 Å². The third-order valence-corrected chi connectivity index (χ3v) is 6.11. The molecule has 2 fully saturated rings. The lowest BCUT2D eigenvalue weighted by Gasteiger charge is -2.30. The number of aryl methyl sites for hydroxylation is 1. The molecule has 2 aliphatic rings. The fourth-order valence-corrected chi connectivity index (χ4v) is 4.39. The minimum Gasteiger partial charge on any atom is -0.461 e. The Morgan fingerprint density at radius 2 is 1.83 bits per heavy atom. The molecule has 1 aromatic rings. The van der Waals surface area contributed by atoms with E-state index in [0.29, 0.717) is 18.9 Å². The van der Waals surface area contributed by atoms with Crippen molar-refractivity contribution in [3.63, 3.8) is 0 Å². The molecule has 1 aromatic heterocycles. The van der Waals surface area contributed by atoms with Gasteiger partial charge in [0.05, 0.1) is 5.69 Å². The molecule has 160 valence electrons. The summed E-state index contributed by atoms with van der Waals surface area (Å²) in [7, 11) is 0. The molecule has 2 aliphatic carbocycles. The molecule has 7 heteroatoms. The molecule has 2 saturated carbocycles. The summed E-state index contributed by atoms with van der Waals surface area (Å²) < 4.78 is 5.82. The number of ether oxygens (including phenoxy) is 1. The van der Waals surface area contributed by atoms with E-state index in [0.717, 1.165) is 49.8 Å². The summed E-state index contributed by atoms with van der Waals surface area (Å²) in [6.07, 6.45) is 12.6. The van der Waals surface area contributed by atoms with E-state index in [2.05, 4.69) is 10.3 Å². The number of carbonyl (C=O) groups excluding carboxylic acids is 2. The average molecular weight is 404 g/mol. The van der Waals surface area contributed by atoms with E-state index in [1.54, 1.807) is 11.7 Å². The Labute approximate surface area is 172 Å². The van der Waals surface area contributed by atoms with Crippen molar-refractivity contribution in [2.45, 2.75) is 89.3 Å². The topological polar surface area (TPSA) is 101 Å². The zero-order valence-corrected chi connectivity index (χ0v) is 17.1. The Balaban J connectivity index is 1.55. The summed E-state index contributed by atoms with van der Waals surface area (Å²) in [6.45, 7) is 0.512. The lowest BCUT2D eigenvalue weighted by atomic mass is 9.84. The summed E-state index contributed by atoms with van der Waals surface area (Å²) in [5.74, 6) is -0.184. The van der Waals surface area contributed by atoms with Crippen LogP contribution in [-0.2, 0) is 27.3 Å². The van der Waals surface area contributed by atoms with Gasteiger partial charge >= 0.3 is 5.97 Å². The molecule has 0 aromatic carbocycles. The molecule has 0 bridgehead atoms. The molecule has 1 amide bonds.